The van der Waals surface area contributed by atoms with E-state index in [2.05, 4.69) is 51.7 Å². The summed E-state index contributed by atoms with van der Waals surface area (Å²) >= 11 is 0. The van der Waals surface area contributed by atoms with Gasteiger partial charge >= 0.3 is 0 Å². The summed E-state index contributed by atoms with van der Waals surface area (Å²) < 4.78 is 5.14. The van der Waals surface area contributed by atoms with Crippen LogP contribution in [0.1, 0.15) is 43.7 Å². The number of hydrogen-bond acceptors (Lipinski definition) is 3. The molecule has 2 N–H and O–H groups in total. The van der Waals surface area contributed by atoms with E-state index < -0.39 is 0 Å². The number of guanidine groups is 1. The van der Waals surface area contributed by atoms with Crippen molar-refractivity contribution in [2.75, 3.05) is 33.8 Å². The van der Waals surface area contributed by atoms with E-state index in [9.17, 15) is 0 Å². The first-order valence-electron chi connectivity index (χ1n) is 9.48. The lowest BCUT2D eigenvalue weighted by Gasteiger charge is -2.33. The van der Waals surface area contributed by atoms with Crippen LogP contribution in [0.5, 0.6) is 0 Å². The third-order valence-electron chi connectivity index (χ3n) is 4.87. The van der Waals surface area contributed by atoms with Gasteiger partial charge in [0.2, 0.25) is 0 Å². The molecule has 26 heavy (non-hydrogen) atoms. The van der Waals surface area contributed by atoms with Crippen molar-refractivity contribution in [1.82, 2.24) is 15.5 Å². The highest BCUT2D eigenvalue weighted by molar-refractivity contribution is 14.0. The van der Waals surface area contributed by atoms with Crippen molar-refractivity contribution in [2.45, 2.75) is 51.8 Å². The molecule has 1 aliphatic rings. The summed E-state index contributed by atoms with van der Waals surface area (Å²) in [5.41, 5.74) is 2.44. The molecule has 0 aliphatic carbocycles. The number of piperidine rings is 1. The molecule has 2 rings (SSSR count). The molecule has 0 spiro atoms. The summed E-state index contributed by atoms with van der Waals surface area (Å²) in [5, 5.41) is 6.80. The Balaban J connectivity index is 0.00000338. The molecule has 0 amide bonds. The lowest BCUT2D eigenvalue weighted by atomic mass is 10.0. The zero-order valence-electron chi connectivity index (χ0n) is 16.5. The summed E-state index contributed by atoms with van der Waals surface area (Å²) in [6, 6.07) is 9.22. The number of benzene rings is 1. The molecule has 0 aromatic heterocycles. The van der Waals surface area contributed by atoms with Gasteiger partial charge in [-0.1, -0.05) is 30.7 Å². The number of methoxy groups -OCH3 is 1. The smallest absolute Gasteiger partial charge is 0.191 e. The minimum Gasteiger partial charge on any atom is -0.380 e. The van der Waals surface area contributed by atoms with Crippen molar-refractivity contribution in [3.8, 4) is 0 Å². The maximum atomic E-state index is 5.14. The normalized spacial score (nSPS) is 18.3. The molecule has 6 heteroatoms. The second-order valence-electron chi connectivity index (χ2n) is 6.84. The Bertz CT molecular complexity index is 521. The molecule has 1 aromatic rings. The van der Waals surface area contributed by atoms with Gasteiger partial charge in [-0.2, -0.15) is 0 Å². The Morgan fingerprint density at radius 3 is 2.58 bits per heavy atom. The number of hydrogen-bond donors (Lipinski definition) is 2. The Labute approximate surface area is 176 Å². The summed E-state index contributed by atoms with van der Waals surface area (Å²) in [6.07, 6.45) is 5.24. The number of likely N-dealkylation sites (tertiary alicyclic amines) is 1. The summed E-state index contributed by atoms with van der Waals surface area (Å²) in [5.74, 6) is 0.868. The van der Waals surface area contributed by atoms with Crippen molar-refractivity contribution in [2.24, 2.45) is 4.99 Å². The number of halogens is 1. The molecule has 1 aromatic carbocycles. The molecule has 1 fully saturated rings. The maximum Gasteiger partial charge on any atom is 0.191 e. The predicted molar refractivity (Wildman–Crippen MR) is 120 cm³/mol. The predicted octanol–water partition coefficient (Wildman–Crippen LogP) is 3.38. The van der Waals surface area contributed by atoms with Crippen molar-refractivity contribution >= 4 is 29.9 Å². The second-order valence-corrected chi connectivity index (χ2v) is 6.84. The lowest BCUT2D eigenvalue weighted by Crippen LogP contribution is -2.41. The molecule has 148 valence electrons. The Morgan fingerprint density at radius 1 is 1.19 bits per heavy atom. The van der Waals surface area contributed by atoms with E-state index in [1.54, 1.807) is 7.11 Å². The Morgan fingerprint density at radius 2 is 1.92 bits per heavy atom. The first-order chi connectivity index (χ1) is 12.2. The van der Waals surface area contributed by atoms with Gasteiger partial charge in [0.15, 0.2) is 5.96 Å². The van der Waals surface area contributed by atoms with E-state index >= 15 is 0 Å². The van der Waals surface area contributed by atoms with Crippen molar-refractivity contribution in [1.29, 1.82) is 0 Å². The molecule has 1 unspecified atom stereocenters. The first-order valence-corrected chi connectivity index (χ1v) is 9.48. The number of aliphatic imine (C=N–C) groups is 1. The topological polar surface area (TPSA) is 48.9 Å². The van der Waals surface area contributed by atoms with Crippen LogP contribution in [0.15, 0.2) is 29.3 Å². The van der Waals surface area contributed by atoms with Crippen molar-refractivity contribution in [3.05, 3.63) is 35.4 Å². The zero-order valence-corrected chi connectivity index (χ0v) is 18.8. The third kappa shape index (κ3) is 8.22. The zero-order chi connectivity index (χ0) is 17.9. The van der Waals surface area contributed by atoms with E-state index in [4.69, 9.17) is 4.74 Å². The van der Waals surface area contributed by atoms with Gasteiger partial charge in [-0.05, 0) is 43.9 Å². The lowest BCUT2D eigenvalue weighted by molar-refractivity contribution is 0.159. The summed E-state index contributed by atoms with van der Waals surface area (Å²) in [7, 11) is 3.54. The number of ether oxygens (including phenoxy) is 1. The Hall–Kier alpha value is -0.860. The molecule has 5 nitrogen and oxygen atoms in total. The molecule has 1 saturated heterocycles. The van der Waals surface area contributed by atoms with Crippen LogP contribution in [0.3, 0.4) is 0 Å². The standard InChI is InChI=1S/C20H34N4O.HI/c1-17-7-4-5-13-24(17)14-6-12-22-20(21-2)23-15-18-8-10-19(11-9-18)16-25-3;/h8-11,17H,4-7,12-16H2,1-3H3,(H2,21,22,23);1H. The van der Waals surface area contributed by atoms with Gasteiger partial charge in [0, 0.05) is 39.8 Å². The average molecular weight is 474 g/mol. The van der Waals surface area contributed by atoms with Gasteiger partial charge in [0.05, 0.1) is 6.61 Å². The highest BCUT2D eigenvalue weighted by Crippen LogP contribution is 2.16. The molecule has 0 radical (unpaired) electrons. The number of nitrogens with one attached hydrogen (secondary N) is 2. The molecule has 1 atom stereocenters. The van der Waals surface area contributed by atoms with Crippen molar-refractivity contribution in [3.63, 3.8) is 0 Å². The fourth-order valence-electron chi connectivity index (χ4n) is 3.31. The average Bonchev–Trinajstić information content (AvgIpc) is 2.64. The third-order valence-corrected chi connectivity index (χ3v) is 4.87. The highest BCUT2D eigenvalue weighted by atomic mass is 127. The molecule has 1 aliphatic heterocycles. The minimum atomic E-state index is 0. The summed E-state index contributed by atoms with van der Waals surface area (Å²) in [6.45, 7) is 7.17. The fraction of sp³-hybridized carbons (Fsp3) is 0.650. The fourth-order valence-corrected chi connectivity index (χ4v) is 3.31. The van der Waals surface area contributed by atoms with E-state index in [0.29, 0.717) is 6.61 Å². The van der Waals surface area contributed by atoms with Gasteiger partial charge < -0.3 is 20.3 Å². The van der Waals surface area contributed by atoms with Gasteiger partial charge in [-0.25, -0.2) is 0 Å². The largest absolute Gasteiger partial charge is 0.380 e. The highest BCUT2D eigenvalue weighted by Gasteiger charge is 2.17. The van der Waals surface area contributed by atoms with Crippen LogP contribution in [0, 0.1) is 0 Å². The van der Waals surface area contributed by atoms with Crippen LogP contribution in [0.2, 0.25) is 0 Å². The quantitative estimate of drug-likeness (QED) is 0.263. The Kier molecular flexibility index (Phi) is 11.9. The van der Waals surface area contributed by atoms with Crippen LogP contribution in [-0.4, -0.2) is 50.7 Å². The first kappa shape index (κ1) is 23.2. The summed E-state index contributed by atoms with van der Waals surface area (Å²) in [4.78, 5) is 6.92. The van der Waals surface area contributed by atoms with E-state index in [0.717, 1.165) is 31.5 Å². The van der Waals surface area contributed by atoms with Crippen LogP contribution in [-0.2, 0) is 17.9 Å². The monoisotopic (exact) mass is 474 g/mol. The van der Waals surface area contributed by atoms with Crippen LogP contribution in [0.25, 0.3) is 0 Å². The molecule has 0 saturated carbocycles. The number of rotatable bonds is 8. The molecular weight excluding hydrogens is 439 g/mol. The van der Waals surface area contributed by atoms with Crippen LogP contribution < -0.4 is 10.6 Å². The van der Waals surface area contributed by atoms with E-state index in [1.807, 2.05) is 7.05 Å². The van der Waals surface area contributed by atoms with Gasteiger partial charge in [0.1, 0.15) is 0 Å². The van der Waals surface area contributed by atoms with Gasteiger partial charge in [-0.15, -0.1) is 24.0 Å². The molecule has 0 bridgehead atoms. The number of nitrogens with zero attached hydrogens (tertiary/aromatic N) is 2. The van der Waals surface area contributed by atoms with Crippen LogP contribution >= 0.6 is 24.0 Å². The maximum absolute atomic E-state index is 5.14. The van der Waals surface area contributed by atoms with Gasteiger partial charge in [0.25, 0.3) is 0 Å². The molecule has 1 heterocycles. The SMILES string of the molecule is CN=C(NCCCN1CCCCC1C)NCc1ccc(COC)cc1.I. The second kappa shape index (κ2) is 13.3. The minimum absolute atomic E-state index is 0. The van der Waals surface area contributed by atoms with E-state index in [1.165, 1.54) is 43.5 Å². The molecular formula is C20H35IN4O. The van der Waals surface area contributed by atoms with Crippen LogP contribution in [0.4, 0.5) is 0 Å². The van der Waals surface area contributed by atoms with Crippen molar-refractivity contribution < 1.29 is 4.74 Å². The van der Waals surface area contributed by atoms with Gasteiger partial charge in [-0.3, -0.25) is 4.99 Å². The van der Waals surface area contributed by atoms with E-state index in [-0.39, 0.29) is 24.0 Å².